The predicted molar refractivity (Wildman–Crippen MR) is 91.0 cm³/mol. The van der Waals surface area contributed by atoms with E-state index in [4.69, 9.17) is 11.6 Å². The lowest BCUT2D eigenvalue weighted by molar-refractivity contribution is -0.118. The maximum Gasteiger partial charge on any atom is 0.292 e. The van der Waals surface area contributed by atoms with Crippen LogP contribution in [0.4, 0.5) is 0 Å². The number of carbonyl (C=O) groups is 2. The van der Waals surface area contributed by atoms with E-state index in [1.807, 2.05) is 0 Å². The van der Waals surface area contributed by atoms with Gasteiger partial charge in [-0.25, -0.2) is 0 Å². The highest BCUT2D eigenvalue weighted by Crippen LogP contribution is 2.20. The molecule has 2 aromatic rings. The molecule has 0 aliphatic carbocycles. The SMILES string of the molecule is Cc1nn(C)c(C)c1C(=O)C(=O)NC(C)C(O)c1ccc(Cl)cc1. The fraction of sp³-hybridized carbons (Fsp3) is 0.353. The van der Waals surface area contributed by atoms with Crippen LogP contribution in [0.5, 0.6) is 0 Å². The van der Waals surface area contributed by atoms with Crippen LogP contribution in [-0.2, 0) is 11.8 Å². The summed E-state index contributed by atoms with van der Waals surface area (Å²) in [5, 5.41) is 17.5. The third-order valence-electron chi connectivity index (χ3n) is 3.99. The monoisotopic (exact) mass is 349 g/mol. The number of amides is 1. The number of Topliss-reactive ketones (excluding diaryl/α,β-unsaturated/α-hetero) is 1. The molecule has 2 unspecified atom stereocenters. The Kier molecular flexibility index (Phi) is 5.41. The number of aromatic nitrogens is 2. The van der Waals surface area contributed by atoms with Gasteiger partial charge in [0.15, 0.2) is 0 Å². The number of ketones is 1. The van der Waals surface area contributed by atoms with Crippen LogP contribution in [0.1, 0.15) is 40.3 Å². The van der Waals surface area contributed by atoms with Crippen molar-refractivity contribution in [3.8, 4) is 0 Å². The molecule has 2 atom stereocenters. The Morgan fingerprint density at radius 2 is 1.83 bits per heavy atom. The number of hydrogen-bond acceptors (Lipinski definition) is 4. The molecule has 0 fully saturated rings. The number of carbonyl (C=O) groups excluding carboxylic acids is 2. The molecule has 0 saturated heterocycles. The average molecular weight is 350 g/mol. The smallest absolute Gasteiger partial charge is 0.292 e. The van der Waals surface area contributed by atoms with Crippen LogP contribution < -0.4 is 5.32 Å². The Morgan fingerprint density at radius 3 is 2.33 bits per heavy atom. The van der Waals surface area contributed by atoms with Gasteiger partial charge in [-0.2, -0.15) is 5.10 Å². The molecule has 6 nitrogen and oxygen atoms in total. The van der Waals surface area contributed by atoms with E-state index >= 15 is 0 Å². The summed E-state index contributed by atoms with van der Waals surface area (Å²) in [7, 11) is 1.71. The number of rotatable bonds is 5. The van der Waals surface area contributed by atoms with Gasteiger partial charge in [0.25, 0.3) is 11.7 Å². The number of aliphatic hydroxyl groups is 1. The van der Waals surface area contributed by atoms with Gasteiger partial charge in [-0.1, -0.05) is 23.7 Å². The predicted octanol–water partition coefficient (Wildman–Crippen LogP) is 2.11. The van der Waals surface area contributed by atoms with Crippen LogP contribution in [0.25, 0.3) is 0 Å². The Labute approximate surface area is 145 Å². The lowest BCUT2D eigenvalue weighted by Gasteiger charge is -2.20. The van der Waals surface area contributed by atoms with Crippen molar-refractivity contribution in [2.75, 3.05) is 0 Å². The first-order chi connectivity index (χ1) is 11.2. The van der Waals surface area contributed by atoms with Crippen molar-refractivity contribution in [3.05, 3.63) is 51.8 Å². The maximum absolute atomic E-state index is 12.4. The van der Waals surface area contributed by atoms with Crippen molar-refractivity contribution in [1.29, 1.82) is 0 Å². The maximum atomic E-state index is 12.4. The van der Waals surface area contributed by atoms with E-state index in [1.54, 1.807) is 56.8 Å². The highest BCUT2D eigenvalue weighted by molar-refractivity contribution is 6.43. The second kappa shape index (κ2) is 7.15. The van der Waals surface area contributed by atoms with Crippen molar-refractivity contribution in [1.82, 2.24) is 15.1 Å². The van der Waals surface area contributed by atoms with Crippen molar-refractivity contribution >= 4 is 23.3 Å². The number of hydrogen-bond donors (Lipinski definition) is 2. The van der Waals surface area contributed by atoms with Gasteiger partial charge in [-0.05, 0) is 38.5 Å². The molecule has 0 aliphatic rings. The van der Waals surface area contributed by atoms with Gasteiger partial charge in [0.1, 0.15) is 0 Å². The molecule has 24 heavy (non-hydrogen) atoms. The molecule has 7 heteroatoms. The first kappa shape index (κ1) is 18.2. The second-order valence-corrected chi connectivity index (χ2v) is 6.19. The highest BCUT2D eigenvalue weighted by atomic mass is 35.5. The highest BCUT2D eigenvalue weighted by Gasteiger charge is 2.27. The van der Waals surface area contributed by atoms with Crippen LogP contribution >= 0.6 is 11.6 Å². The standard InChI is InChI=1S/C17H20ClN3O3/c1-9-14(11(3)21(4)20-9)16(23)17(24)19-10(2)15(22)12-5-7-13(18)8-6-12/h5-8,10,15,22H,1-4H3,(H,19,24). The zero-order valence-corrected chi connectivity index (χ0v) is 14.8. The van der Waals surface area contributed by atoms with Crippen molar-refractivity contribution in [3.63, 3.8) is 0 Å². The minimum Gasteiger partial charge on any atom is -0.386 e. The first-order valence-electron chi connectivity index (χ1n) is 7.51. The molecule has 0 radical (unpaired) electrons. The van der Waals surface area contributed by atoms with Crippen LogP contribution in [0, 0.1) is 13.8 Å². The van der Waals surface area contributed by atoms with E-state index in [0.717, 1.165) is 0 Å². The zero-order chi connectivity index (χ0) is 18.0. The third kappa shape index (κ3) is 3.66. The van der Waals surface area contributed by atoms with E-state index in [2.05, 4.69) is 10.4 Å². The Morgan fingerprint density at radius 1 is 1.25 bits per heavy atom. The fourth-order valence-electron chi connectivity index (χ4n) is 2.52. The third-order valence-corrected chi connectivity index (χ3v) is 4.24. The summed E-state index contributed by atoms with van der Waals surface area (Å²) >= 11 is 5.82. The van der Waals surface area contributed by atoms with Crippen molar-refractivity contribution in [2.24, 2.45) is 7.05 Å². The second-order valence-electron chi connectivity index (χ2n) is 5.76. The summed E-state index contributed by atoms with van der Waals surface area (Å²) in [6, 6.07) is 6.02. The molecule has 0 saturated carbocycles. The van der Waals surface area contributed by atoms with Gasteiger partial charge in [0.2, 0.25) is 0 Å². The molecule has 2 rings (SSSR count). The van der Waals surface area contributed by atoms with Crippen LogP contribution in [0.3, 0.4) is 0 Å². The lowest BCUT2D eigenvalue weighted by atomic mass is 10.0. The molecule has 0 bridgehead atoms. The van der Waals surface area contributed by atoms with E-state index < -0.39 is 23.8 Å². The summed E-state index contributed by atoms with van der Waals surface area (Å²) in [6.45, 7) is 5.04. The quantitative estimate of drug-likeness (QED) is 0.639. The summed E-state index contributed by atoms with van der Waals surface area (Å²) < 4.78 is 1.56. The number of nitrogens with one attached hydrogen (secondary N) is 1. The van der Waals surface area contributed by atoms with Crippen LogP contribution in [0.2, 0.25) is 5.02 Å². The van der Waals surface area contributed by atoms with Crippen molar-refractivity contribution in [2.45, 2.75) is 32.9 Å². The fourth-order valence-corrected chi connectivity index (χ4v) is 2.64. The molecule has 1 aromatic heterocycles. The minimum absolute atomic E-state index is 0.295. The average Bonchev–Trinajstić information content (AvgIpc) is 2.79. The van der Waals surface area contributed by atoms with Gasteiger partial charge in [0.05, 0.1) is 23.4 Å². The number of halogens is 1. The summed E-state index contributed by atoms with van der Waals surface area (Å²) in [5.74, 6) is -1.43. The van der Waals surface area contributed by atoms with Gasteiger partial charge in [-0.3, -0.25) is 14.3 Å². The molecule has 1 aromatic carbocycles. The number of aryl methyl sites for hydroxylation is 2. The molecular weight excluding hydrogens is 330 g/mol. The molecule has 0 spiro atoms. The van der Waals surface area contributed by atoms with Crippen molar-refractivity contribution < 1.29 is 14.7 Å². The van der Waals surface area contributed by atoms with Crippen LogP contribution in [-0.4, -0.2) is 32.6 Å². The Hall–Kier alpha value is -2.18. The minimum atomic E-state index is -0.949. The van der Waals surface area contributed by atoms with Gasteiger partial charge < -0.3 is 10.4 Å². The topological polar surface area (TPSA) is 84.2 Å². The van der Waals surface area contributed by atoms with Crippen LogP contribution in [0.15, 0.2) is 24.3 Å². The Balaban J connectivity index is 2.10. The molecule has 1 amide bonds. The van der Waals surface area contributed by atoms with E-state index in [0.29, 0.717) is 27.5 Å². The van der Waals surface area contributed by atoms with E-state index in [9.17, 15) is 14.7 Å². The molecular formula is C17H20ClN3O3. The normalized spacial score (nSPS) is 13.4. The van der Waals surface area contributed by atoms with Gasteiger partial charge in [-0.15, -0.1) is 0 Å². The summed E-state index contributed by atoms with van der Waals surface area (Å²) in [5.41, 5.74) is 2.02. The van der Waals surface area contributed by atoms with Gasteiger partial charge >= 0.3 is 0 Å². The molecule has 0 aliphatic heterocycles. The van der Waals surface area contributed by atoms with Gasteiger partial charge in [0, 0.05) is 17.8 Å². The number of nitrogens with zero attached hydrogens (tertiary/aromatic N) is 2. The Bertz CT molecular complexity index is 768. The molecule has 2 N–H and O–H groups in total. The lowest BCUT2D eigenvalue weighted by Crippen LogP contribution is -2.41. The molecule has 128 valence electrons. The zero-order valence-electron chi connectivity index (χ0n) is 14.0. The largest absolute Gasteiger partial charge is 0.386 e. The summed E-state index contributed by atoms with van der Waals surface area (Å²) in [6.07, 6.45) is -0.949. The number of benzene rings is 1. The number of aliphatic hydroxyl groups excluding tert-OH is 1. The molecule has 1 heterocycles. The van der Waals surface area contributed by atoms with E-state index in [-0.39, 0.29) is 0 Å². The van der Waals surface area contributed by atoms with E-state index in [1.165, 1.54) is 0 Å². The first-order valence-corrected chi connectivity index (χ1v) is 7.89. The summed E-state index contributed by atoms with van der Waals surface area (Å²) in [4.78, 5) is 24.6.